The van der Waals surface area contributed by atoms with Crippen molar-refractivity contribution in [2.75, 3.05) is 0 Å². The van der Waals surface area contributed by atoms with Crippen LogP contribution in [0.5, 0.6) is 0 Å². The van der Waals surface area contributed by atoms with Gasteiger partial charge in [0.05, 0.1) is 17.4 Å². The molecule has 1 N–H and O–H groups in total. The van der Waals surface area contributed by atoms with Gasteiger partial charge in [-0.25, -0.2) is 0 Å². The second-order valence-corrected chi connectivity index (χ2v) is 6.61. The van der Waals surface area contributed by atoms with Crippen molar-refractivity contribution in [2.24, 2.45) is 11.8 Å². The largest absolute Gasteiger partial charge is 0.389 e. The molecule has 0 heterocycles. The predicted octanol–water partition coefficient (Wildman–Crippen LogP) is 2.21. The molecule has 0 radical (unpaired) electrons. The average Bonchev–Trinajstić information content (AvgIpc) is 2.36. The molecule has 1 aromatic carbocycles. The summed E-state index contributed by atoms with van der Waals surface area (Å²) >= 11 is 0. The van der Waals surface area contributed by atoms with Crippen LogP contribution in [0.1, 0.15) is 44.2 Å². The topological polar surface area (TPSA) is 71.4 Å². The zero-order valence-electron chi connectivity index (χ0n) is 13.4. The third kappa shape index (κ3) is 2.88. The van der Waals surface area contributed by atoms with Gasteiger partial charge in [0.2, 0.25) is 0 Å². The fourth-order valence-electron chi connectivity index (χ4n) is 3.70. The lowest BCUT2D eigenvalue weighted by atomic mass is 9.60. The Balaban J connectivity index is 2.61. The normalized spacial score (nSPS) is 31.9. The number of Topliss-reactive ketones (excluding diaryl/α,β-unsaturated/α-hetero) is 3. The minimum Gasteiger partial charge on any atom is -0.389 e. The highest BCUT2D eigenvalue weighted by Crippen LogP contribution is 2.46. The third-order valence-electron chi connectivity index (χ3n) is 4.61. The first kappa shape index (κ1) is 16.6. The minimum absolute atomic E-state index is 0.163. The van der Waals surface area contributed by atoms with Crippen molar-refractivity contribution < 1.29 is 19.5 Å². The highest BCUT2D eigenvalue weighted by molar-refractivity contribution is 6.05. The highest BCUT2D eigenvalue weighted by atomic mass is 16.3. The molecular weight excluding hydrogens is 280 g/mol. The molecule has 1 fully saturated rings. The predicted molar refractivity (Wildman–Crippen MR) is 82.5 cm³/mol. The molecule has 4 nitrogen and oxygen atoms in total. The zero-order valence-corrected chi connectivity index (χ0v) is 13.4. The van der Waals surface area contributed by atoms with E-state index in [4.69, 9.17) is 0 Å². The Hall–Kier alpha value is -1.81. The summed E-state index contributed by atoms with van der Waals surface area (Å²) in [4.78, 5) is 36.6. The first-order valence-corrected chi connectivity index (χ1v) is 7.47. The second-order valence-electron chi connectivity index (χ2n) is 6.61. The van der Waals surface area contributed by atoms with Gasteiger partial charge < -0.3 is 5.11 Å². The van der Waals surface area contributed by atoms with Gasteiger partial charge in [0, 0.05) is 12.3 Å². The monoisotopic (exact) mass is 302 g/mol. The number of aryl methyl sites for hydroxylation is 1. The molecule has 0 spiro atoms. The van der Waals surface area contributed by atoms with Crippen molar-refractivity contribution >= 4 is 17.3 Å². The van der Waals surface area contributed by atoms with Gasteiger partial charge in [0.25, 0.3) is 0 Å². The van der Waals surface area contributed by atoms with Crippen LogP contribution in [0.2, 0.25) is 0 Å². The van der Waals surface area contributed by atoms with E-state index < -0.39 is 23.4 Å². The fraction of sp³-hybridized carbons (Fsp3) is 0.500. The summed E-state index contributed by atoms with van der Waals surface area (Å²) in [6.07, 6.45) is -0.163. The van der Waals surface area contributed by atoms with Gasteiger partial charge in [-0.05, 0) is 33.3 Å². The van der Waals surface area contributed by atoms with Crippen LogP contribution < -0.4 is 0 Å². The van der Waals surface area contributed by atoms with E-state index in [1.54, 1.807) is 0 Å². The van der Waals surface area contributed by atoms with E-state index in [-0.39, 0.29) is 23.8 Å². The number of hydrogen-bond donors (Lipinski definition) is 1. The van der Waals surface area contributed by atoms with Crippen LogP contribution in [0, 0.1) is 18.8 Å². The molecule has 0 aliphatic heterocycles. The Labute approximate surface area is 130 Å². The Morgan fingerprint density at radius 2 is 1.68 bits per heavy atom. The molecule has 118 valence electrons. The molecule has 4 heteroatoms. The molecular formula is C18H22O4. The highest BCUT2D eigenvalue weighted by Gasteiger charge is 2.53. The van der Waals surface area contributed by atoms with Crippen LogP contribution in [-0.2, 0) is 14.4 Å². The number of rotatable bonds is 3. The average molecular weight is 302 g/mol. The molecule has 0 unspecified atom stereocenters. The standard InChI is InChI=1S/C18H22O4/c1-10-5-7-13(8-6-10)16-15(11(2)19)14(21)9-18(4,22)17(16)12(3)20/h5-8,15-17,22H,9H2,1-4H3/t15-,16+,17+,18+/m1/s1. The van der Waals surface area contributed by atoms with E-state index in [1.807, 2.05) is 31.2 Å². The SMILES string of the molecule is CC(=O)[C@@H]1C(=O)C[C@](C)(O)[C@@H](C(C)=O)[C@H]1c1ccc(C)cc1. The number of hydrogen-bond acceptors (Lipinski definition) is 4. The molecule has 0 amide bonds. The summed E-state index contributed by atoms with van der Waals surface area (Å²) in [7, 11) is 0. The molecule has 1 saturated carbocycles. The van der Waals surface area contributed by atoms with E-state index in [0.29, 0.717) is 0 Å². The maximum Gasteiger partial charge on any atom is 0.146 e. The molecule has 1 aliphatic carbocycles. The van der Waals surface area contributed by atoms with E-state index in [2.05, 4.69) is 0 Å². The molecule has 1 aromatic rings. The van der Waals surface area contributed by atoms with E-state index in [0.717, 1.165) is 11.1 Å². The first-order valence-electron chi connectivity index (χ1n) is 7.47. The first-order chi connectivity index (χ1) is 10.1. The van der Waals surface area contributed by atoms with Crippen molar-refractivity contribution in [3.05, 3.63) is 35.4 Å². The van der Waals surface area contributed by atoms with E-state index in [9.17, 15) is 19.5 Å². The zero-order chi connectivity index (χ0) is 16.7. The summed E-state index contributed by atoms with van der Waals surface area (Å²) in [5.74, 6) is -2.97. The molecule has 1 aliphatic rings. The molecule has 0 aromatic heterocycles. The lowest BCUT2D eigenvalue weighted by Crippen LogP contribution is -2.53. The van der Waals surface area contributed by atoms with Crippen LogP contribution in [0.15, 0.2) is 24.3 Å². The lowest BCUT2D eigenvalue weighted by molar-refractivity contribution is -0.151. The lowest BCUT2D eigenvalue weighted by Gasteiger charge is -2.44. The van der Waals surface area contributed by atoms with Gasteiger partial charge in [-0.1, -0.05) is 29.8 Å². The van der Waals surface area contributed by atoms with Crippen LogP contribution >= 0.6 is 0 Å². The number of ketones is 3. The van der Waals surface area contributed by atoms with Crippen molar-refractivity contribution in [3.8, 4) is 0 Å². The van der Waals surface area contributed by atoms with Gasteiger partial charge in [-0.2, -0.15) is 0 Å². The van der Waals surface area contributed by atoms with E-state index in [1.165, 1.54) is 20.8 Å². The third-order valence-corrected chi connectivity index (χ3v) is 4.61. The molecule has 22 heavy (non-hydrogen) atoms. The van der Waals surface area contributed by atoms with Crippen molar-refractivity contribution in [2.45, 2.75) is 45.6 Å². The Morgan fingerprint density at radius 3 is 2.14 bits per heavy atom. The maximum absolute atomic E-state index is 12.4. The number of benzene rings is 1. The summed E-state index contributed by atoms with van der Waals surface area (Å²) in [5, 5.41) is 10.6. The van der Waals surface area contributed by atoms with Crippen LogP contribution in [0.3, 0.4) is 0 Å². The van der Waals surface area contributed by atoms with Crippen LogP contribution in [0.25, 0.3) is 0 Å². The smallest absolute Gasteiger partial charge is 0.146 e. The Morgan fingerprint density at radius 1 is 1.14 bits per heavy atom. The molecule has 0 bridgehead atoms. The van der Waals surface area contributed by atoms with Gasteiger partial charge in [0.1, 0.15) is 17.3 Å². The number of carbonyl (C=O) groups excluding carboxylic acids is 3. The van der Waals surface area contributed by atoms with Crippen molar-refractivity contribution in [1.29, 1.82) is 0 Å². The Bertz CT molecular complexity index is 612. The Kier molecular flexibility index (Phi) is 4.34. The van der Waals surface area contributed by atoms with Crippen LogP contribution in [0.4, 0.5) is 0 Å². The quantitative estimate of drug-likeness (QED) is 0.869. The number of aliphatic hydroxyl groups is 1. The minimum atomic E-state index is -1.43. The molecule has 0 saturated heterocycles. The summed E-state index contributed by atoms with van der Waals surface area (Å²) in [6, 6.07) is 7.44. The molecule has 4 atom stereocenters. The van der Waals surface area contributed by atoms with Crippen molar-refractivity contribution in [1.82, 2.24) is 0 Å². The van der Waals surface area contributed by atoms with Crippen LogP contribution in [-0.4, -0.2) is 28.1 Å². The fourth-order valence-corrected chi connectivity index (χ4v) is 3.70. The van der Waals surface area contributed by atoms with Gasteiger partial charge in [-0.15, -0.1) is 0 Å². The van der Waals surface area contributed by atoms with Gasteiger partial charge in [0.15, 0.2) is 0 Å². The summed E-state index contributed by atoms with van der Waals surface area (Å²) < 4.78 is 0. The van der Waals surface area contributed by atoms with Crippen molar-refractivity contribution in [3.63, 3.8) is 0 Å². The molecule has 2 rings (SSSR count). The van der Waals surface area contributed by atoms with Gasteiger partial charge >= 0.3 is 0 Å². The maximum atomic E-state index is 12.4. The summed E-state index contributed by atoms with van der Waals surface area (Å²) in [5.41, 5.74) is 0.375. The number of carbonyl (C=O) groups is 3. The second kappa shape index (κ2) is 5.76. The summed E-state index contributed by atoms with van der Waals surface area (Å²) in [6.45, 7) is 6.24. The van der Waals surface area contributed by atoms with E-state index >= 15 is 0 Å². The van der Waals surface area contributed by atoms with Gasteiger partial charge in [-0.3, -0.25) is 14.4 Å².